The zero-order valence-corrected chi connectivity index (χ0v) is 17.8. The summed E-state index contributed by atoms with van der Waals surface area (Å²) in [5, 5.41) is 41.2. The van der Waals surface area contributed by atoms with Crippen LogP contribution in [0.5, 0.6) is 5.75 Å². The van der Waals surface area contributed by atoms with Crippen LogP contribution in [0.2, 0.25) is 5.02 Å². The average molecular weight is 447 g/mol. The second kappa shape index (κ2) is 8.35. The van der Waals surface area contributed by atoms with E-state index in [0.29, 0.717) is 41.7 Å². The van der Waals surface area contributed by atoms with Gasteiger partial charge in [-0.2, -0.15) is 0 Å². The fourth-order valence-electron chi connectivity index (χ4n) is 4.70. The number of aliphatic hydroxyl groups excluding tert-OH is 4. The molecule has 2 aromatic rings. The van der Waals surface area contributed by atoms with Gasteiger partial charge in [0.15, 0.2) is 0 Å². The van der Waals surface area contributed by atoms with Crippen LogP contribution < -0.4 is 4.74 Å². The topological polar surface area (TPSA) is 99.4 Å². The summed E-state index contributed by atoms with van der Waals surface area (Å²) in [5.41, 5.74) is 4.84. The number of aliphatic hydroxyl groups is 4. The highest BCUT2D eigenvalue weighted by Gasteiger charge is 2.45. The lowest BCUT2D eigenvalue weighted by atomic mass is 9.87. The lowest BCUT2D eigenvalue weighted by Crippen LogP contribution is -2.55. The Morgan fingerprint density at radius 2 is 1.74 bits per heavy atom. The molecule has 0 bridgehead atoms. The Morgan fingerprint density at radius 3 is 2.42 bits per heavy atom. The normalized spacial score (nSPS) is 30.2. The molecule has 5 rings (SSSR count). The Hall–Kier alpha value is -1.67. The third-order valence-corrected chi connectivity index (χ3v) is 7.07. The Morgan fingerprint density at radius 1 is 1.00 bits per heavy atom. The lowest BCUT2D eigenvalue weighted by Gasteiger charge is -2.40. The van der Waals surface area contributed by atoms with Crippen LogP contribution in [0, 0.1) is 0 Å². The fraction of sp³-hybridized carbons (Fsp3) is 0.500. The summed E-state index contributed by atoms with van der Waals surface area (Å²) in [6.45, 7) is 0.00689. The van der Waals surface area contributed by atoms with Crippen molar-refractivity contribution in [3.05, 3.63) is 63.2 Å². The van der Waals surface area contributed by atoms with Crippen molar-refractivity contribution in [2.75, 3.05) is 13.2 Å². The van der Waals surface area contributed by atoms with Gasteiger partial charge in [0.05, 0.1) is 18.2 Å². The number of rotatable bonds is 5. The molecule has 6 nitrogen and oxygen atoms in total. The van der Waals surface area contributed by atoms with Gasteiger partial charge in [-0.1, -0.05) is 41.9 Å². The van der Waals surface area contributed by atoms with Crippen LogP contribution in [0.4, 0.5) is 0 Å². The van der Waals surface area contributed by atoms with E-state index in [1.807, 2.05) is 6.07 Å². The summed E-state index contributed by atoms with van der Waals surface area (Å²) in [5.74, 6) is 1.28. The van der Waals surface area contributed by atoms with E-state index < -0.39 is 37.1 Å². The maximum Gasteiger partial charge on any atom is 0.141 e. The largest absolute Gasteiger partial charge is 0.491 e. The molecular weight excluding hydrogens is 420 g/mol. The molecule has 0 radical (unpaired) electrons. The van der Waals surface area contributed by atoms with E-state index in [4.69, 9.17) is 21.1 Å². The molecule has 4 N–H and O–H groups in total. The van der Waals surface area contributed by atoms with Gasteiger partial charge in [0.25, 0.3) is 0 Å². The van der Waals surface area contributed by atoms with E-state index in [9.17, 15) is 20.4 Å². The zero-order chi connectivity index (χ0) is 21.7. The van der Waals surface area contributed by atoms with Crippen molar-refractivity contribution in [3.8, 4) is 5.75 Å². The van der Waals surface area contributed by atoms with Crippen molar-refractivity contribution >= 4 is 11.6 Å². The molecule has 7 heteroatoms. The molecule has 0 spiro atoms. The summed E-state index contributed by atoms with van der Waals surface area (Å²) < 4.78 is 11.6. The van der Waals surface area contributed by atoms with Crippen LogP contribution in [-0.2, 0) is 17.6 Å². The molecule has 1 saturated carbocycles. The minimum atomic E-state index is -1.43. The van der Waals surface area contributed by atoms with E-state index in [-0.39, 0.29) is 0 Å². The van der Waals surface area contributed by atoms with Crippen molar-refractivity contribution in [3.63, 3.8) is 0 Å². The van der Waals surface area contributed by atoms with Gasteiger partial charge in [0.1, 0.15) is 36.3 Å². The van der Waals surface area contributed by atoms with Gasteiger partial charge in [-0.3, -0.25) is 0 Å². The highest BCUT2D eigenvalue weighted by atomic mass is 35.5. The number of fused-ring (bicyclic) bond motifs is 1. The highest BCUT2D eigenvalue weighted by Crippen LogP contribution is 2.45. The van der Waals surface area contributed by atoms with E-state index in [2.05, 4.69) is 24.3 Å². The average Bonchev–Trinajstić information content (AvgIpc) is 3.51. The van der Waals surface area contributed by atoms with Gasteiger partial charge in [-0.15, -0.1) is 0 Å². The quantitative estimate of drug-likeness (QED) is 0.562. The maximum absolute atomic E-state index is 10.7. The van der Waals surface area contributed by atoms with Crippen LogP contribution in [0.3, 0.4) is 0 Å². The molecule has 1 saturated heterocycles. The smallest absolute Gasteiger partial charge is 0.141 e. The third-order valence-electron chi connectivity index (χ3n) is 6.65. The molecule has 5 atom stereocenters. The molecule has 1 aliphatic carbocycles. The van der Waals surface area contributed by atoms with Gasteiger partial charge in [-0.05, 0) is 47.4 Å². The number of halogens is 1. The molecule has 2 fully saturated rings. The number of benzene rings is 2. The standard InChI is InChI=1S/C24H27ClO6/c25-19-15(9-12-1-3-13(4-2-12)14-5-6-14)10-17(16-7-8-30-23(16)19)24-22(29)21(28)20(27)18(11-26)31-24/h1-4,10,14,18,20-22,24,26-29H,5-9,11H2/t18-,20-,21?,22-,24?/m1/s1. The number of hydrogen-bond donors (Lipinski definition) is 4. The second-order valence-electron chi connectivity index (χ2n) is 8.79. The first kappa shape index (κ1) is 21.2. The van der Waals surface area contributed by atoms with Gasteiger partial charge >= 0.3 is 0 Å². The summed E-state index contributed by atoms with van der Waals surface area (Å²) in [7, 11) is 0. The van der Waals surface area contributed by atoms with E-state index in [1.165, 1.54) is 18.4 Å². The van der Waals surface area contributed by atoms with E-state index in [1.54, 1.807) is 0 Å². The summed E-state index contributed by atoms with van der Waals surface area (Å²) >= 11 is 6.69. The molecule has 2 heterocycles. The second-order valence-corrected chi connectivity index (χ2v) is 9.17. The molecule has 2 aromatic carbocycles. The van der Waals surface area contributed by atoms with Gasteiger partial charge in [-0.25, -0.2) is 0 Å². The first-order valence-electron chi connectivity index (χ1n) is 10.8. The Labute approximate surface area is 186 Å². The SMILES string of the molecule is OC[C@H]1OC(c2cc(Cc3ccc(C4CC4)cc3)c(Cl)c3c2CCO3)[C@H](O)C(O)[C@@H]1O. The van der Waals surface area contributed by atoms with E-state index in [0.717, 1.165) is 16.7 Å². The molecule has 3 aliphatic rings. The van der Waals surface area contributed by atoms with Gasteiger partial charge in [0.2, 0.25) is 0 Å². The van der Waals surface area contributed by atoms with Crippen LogP contribution >= 0.6 is 11.6 Å². The maximum atomic E-state index is 10.7. The molecule has 31 heavy (non-hydrogen) atoms. The Balaban J connectivity index is 1.50. The van der Waals surface area contributed by atoms with Crippen molar-refractivity contribution in [2.45, 2.75) is 62.1 Å². The number of hydrogen-bond acceptors (Lipinski definition) is 6. The molecule has 0 amide bonds. The lowest BCUT2D eigenvalue weighted by molar-refractivity contribution is -0.231. The van der Waals surface area contributed by atoms with Gasteiger partial charge < -0.3 is 29.9 Å². The van der Waals surface area contributed by atoms with Crippen LogP contribution in [0.15, 0.2) is 30.3 Å². The monoisotopic (exact) mass is 446 g/mol. The Kier molecular flexibility index (Phi) is 5.71. The predicted octanol–water partition coefficient (Wildman–Crippen LogP) is 2.26. The van der Waals surface area contributed by atoms with Crippen LogP contribution in [-0.4, -0.2) is 58.1 Å². The van der Waals surface area contributed by atoms with Crippen molar-refractivity contribution < 1.29 is 29.9 Å². The minimum Gasteiger partial charge on any atom is -0.491 e. The van der Waals surface area contributed by atoms with Crippen molar-refractivity contribution in [1.29, 1.82) is 0 Å². The molecule has 2 unspecified atom stereocenters. The molecule has 0 aromatic heterocycles. The predicted molar refractivity (Wildman–Crippen MR) is 115 cm³/mol. The fourth-order valence-corrected chi connectivity index (χ4v) is 4.99. The summed E-state index contributed by atoms with van der Waals surface area (Å²) in [4.78, 5) is 0. The van der Waals surface area contributed by atoms with Crippen molar-refractivity contribution in [1.82, 2.24) is 0 Å². The first-order chi connectivity index (χ1) is 15.0. The molecule has 166 valence electrons. The summed E-state index contributed by atoms with van der Waals surface area (Å²) in [6, 6.07) is 10.5. The molecule has 2 aliphatic heterocycles. The van der Waals surface area contributed by atoms with Crippen molar-refractivity contribution in [2.24, 2.45) is 0 Å². The zero-order valence-electron chi connectivity index (χ0n) is 17.1. The number of ether oxygens (including phenoxy) is 2. The summed E-state index contributed by atoms with van der Waals surface area (Å²) in [6.07, 6.45) is -2.31. The van der Waals surface area contributed by atoms with Gasteiger partial charge in [0, 0.05) is 12.0 Å². The first-order valence-corrected chi connectivity index (χ1v) is 11.2. The van der Waals surface area contributed by atoms with E-state index >= 15 is 0 Å². The minimum absolute atomic E-state index is 0.464. The Bertz CT molecular complexity index is 956. The highest BCUT2D eigenvalue weighted by molar-refractivity contribution is 6.33. The van der Waals surface area contributed by atoms with Crippen LogP contribution in [0.25, 0.3) is 0 Å². The third kappa shape index (κ3) is 3.86. The van der Waals surface area contributed by atoms with Crippen LogP contribution in [0.1, 0.15) is 52.7 Å². The molecular formula is C24H27ClO6.